The molecule has 1 aromatic heterocycles. The van der Waals surface area contributed by atoms with E-state index in [0.29, 0.717) is 12.3 Å². The van der Waals surface area contributed by atoms with Gasteiger partial charge in [0.05, 0.1) is 6.42 Å². The molecule has 4 nitrogen and oxygen atoms in total. The topological polar surface area (TPSA) is 59.2 Å². The first-order chi connectivity index (χ1) is 8.16. The second-order valence-electron chi connectivity index (χ2n) is 4.78. The van der Waals surface area contributed by atoms with Crippen LogP contribution in [0.5, 0.6) is 0 Å². The quantitative estimate of drug-likeness (QED) is 0.841. The third-order valence-corrected chi connectivity index (χ3v) is 3.43. The number of likely N-dealkylation sites (tertiary alicyclic amines) is 1. The highest BCUT2D eigenvalue weighted by atomic mass is 16.2. The van der Waals surface area contributed by atoms with Crippen LogP contribution in [-0.4, -0.2) is 34.9 Å². The molecule has 2 atom stereocenters. The van der Waals surface area contributed by atoms with Gasteiger partial charge in [-0.15, -0.1) is 0 Å². The van der Waals surface area contributed by atoms with Crippen molar-refractivity contribution in [2.45, 2.75) is 25.8 Å². The van der Waals surface area contributed by atoms with Gasteiger partial charge in [-0.2, -0.15) is 0 Å². The zero-order valence-electron chi connectivity index (χ0n) is 10.2. The average molecular weight is 233 g/mol. The number of hydrogen-bond donors (Lipinski definition) is 1. The van der Waals surface area contributed by atoms with Crippen LogP contribution in [-0.2, 0) is 11.2 Å². The molecule has 1 aromatic rings. The number of pyridine rings is 1. The van der Waals surface area contributed by atoms with E-state index < -0.39 is 0 Å². The van der Waals surface area contributed by atoms with Gasteiger partial charge in [0.15, 0.2) is 0 Å². The zero-order chi connectivity index (χ0) is 12.3. The Morgan fingerprint density at radius 1 is 1.59 bits per heavy atom. The highest BCUT2D eigenvalue weighted by Crippen LogP contribution is 2.19. The van der Waals surface area contributed by atoms with Gasteiger partial charge in [0.2, 0.25) is 5.91 Å². The molecule has 0 saturated carbocycles. The molecule has 1 fully saturated rings. The fourth-order valence-corrected chi connectivity index (χ4v) is 2.23. The normalized spacial score (nSPS) is 21.5. The van der Waals surface area contributed by atoms with Crippen LogP contribution in [0.4, 0.5) is 0 Å². The molecular weight excluding hydrogens is 214 g/mol. The maximum absolute atomic E-state index is 12.0. The van der Waals surface area contributed by atoms with E-state index in [1.807, 2.05) is 24.0 Å². The van der Waals surface area contributed by atoms with Crippen molar-refractivity contribution in [1.29, 1.82) is 0 Å². The Morgan fingerprint density at radius 2 is 2.29 bits per heavy atom. The zero-order valence-corrected chi connectivity index (χ0v) is 10.2. The fraction of sp³-hybridized carbons (Fsp3) is 0.538. The molecule has 1 aliphatic rings. The molecule has 1 saturated heterocycles. The smallest absolute Gasteiger partial charge is 0.227 e. The number of rotatable bonds is 3. The standard InChI is InChI=1S/C13H19N3O/c1-10(14)12-4-7-16(9-12)13(17)8-11-2-5-15-6-3-11/h2-3,5-6,10,12H,4,7-9,14H2,1H3. The van der Waals surface area contributed by atoms with E-state index in [4.69, 9.17) is 5.73 Å². The third-order valence-electron chi connectivity index (χ3n) is 3.43. The lowest BCUT2D eigenvalue weighted by Crippen LogP contribution is -2.33. The van der Waals surface area contributed by atoms with Crippen LogP contribution < -0.4 is 5.73 Å². The Kier molecular flexibility index (Phi) is 3.74. The molecule has 1 amide bonds. The molecule has 1 aliphatic heterocycles. The van der Waals surface area contributed by atoms with Gasteiger partial charge in [0, 0.05) is 31.5 Å². The van der Waals surface area contributed by atoms with Crippen molar-refractivity contribution in [2.75, 3.05) is 13.1 Å². The molecule has 0 aliphatic carbocycles. The number of nitrogens with zero attached hydrogens (tertiary/aromatic N) is 2. The number of hydrogen-bond acceptors (Lipinski definition) is 3. The fourth-order valence-electron chi connectivity index (χ4n) is 2.23. The molecule has 4 heteroatoms. The summed E-state index contributed by atoms with van der Waals surface area (Å²) in [4.78, 5) is 17.9. The van der Waals surface area contributed by atoms with Gasteiger partial charge in [-0.05, 0) is 37.0 Å². The molecule has 0 bridgehead atoms. The molecule has 17 heavy (non-hydrogen) atoms. The molecular formula is C13H19N3O. The van der Waals surface area contributed by atoms with E-state index >= 15 is 0 Å². The Labute approximate surface area is 102 Å². The van der Waals surface area contributed by atoms with Gasteiger partial charge in [-0.1, -0.05) is 0 Å². The Balaban J connectivity index is 1.90. The van der Waals surface area contributed by atoms with Crippen LogP contribution in [0.15, 0.2) is 24.5 Å². The maximum Gasteiger partial charge on any atom is 0.227 e. The predicted octanol–water partition coefficient (Wildman–Crippen LogP) is 0.820. The van der Waals surface area contributed by atoms with Crippen molar-refractivity contribution in [3.8, 4) is 0 Å². The number of carbonyl (C=O) groups is 1. The average Bonchev–Trinajstić information content (AvgIpc) is 2.79. The Morgan fingerprint density at radius 3 is 2.88 bits per heavy atom. The summed E-state index contributed by atoms with van der Waals surface area (Å²) in [7, 11) is 0. The largest absolute Gasteiger partial charge is 0.342 e. The molecule has 0 spiro atoms. The molecule has 2 N–H and O–H groups in total. The van der Waals surface area contributed by atoms with Crippen LogP contribution in [0, 0.1) is 5.92 Å². The first-order valence-corrected chi connectivity index (χ1v) is 6.09. The molecule has 2 rings (SSSR count). The highest BCUT2D eigenvalue weighted by Gasteiger charge is 2.28. The third kappa shape index (κ3) is 3.03. The van der Waals surface area contributed by atoms with Gasteiger partial charge >= 0.3 is 0 Å². The van der Waals surface area contributed by atoms with Crippen molar-refractivity contribution in [1.82, 2.24) is 9.88 Å². The maximum atomic E-state index is 12.0. The first-order valence-electron chi connectivity index (χ1n) is 6.09. The van der Waals surface area contributed by atoms with Crippen LogP contribution >= 0.6 is 0 Å². The van der Waals surface area contributed by atoms with E-state index in [-0.39, 0.29) is 11.9 Å². The summed E-state index contributed by atoms with van der Waals surface area (Å²) in [6, 6.07) is 3.95. The van der Waals surface area contributed by atoms with Gasteiger partial charge in [-0.3, -0.25) is 9.78 Å². The molecule has 2 unspecified atom stereocenters. The minimum atomic E-state index is 0.175. The summed E-state index contributed by atoms with van der Waals surface area (Å²) in [6.07, 6.45) is 4.93. The molecule has 2 heterocycles. The minimum Gasteiger partial charge on any atom is -0.342 e. The number of carbonyl (C=O) groups excluding carboxylic acids is 1. The van der Waals surface area contributed by atoms with Gasteiger partial charge in [0.25, 0.3) is 0 Å². The van der Waals surface area contributed by atoms with E-state index in [1.54, 1.807) is 12.4 Å². The van der Waals surface area contributed by atoms with Crippen LogP contribution in [0.25, 0.3) is 0 Å². The van der Waals surface area contributed by atoms with Crippen molar-refractivity contribution >= 4 is 5.91 Å². The van der Waals surface area contributed by atoms with Gasteiger partial charge in [0.1, 0.15) is 0 Å². The summed E-state index contributed by atoms with van der Waals surface area (Å²) < 4.78 is 0. The first kappa shape index (κ1) is 12.0. The van der Waals surface area contributed by atoms with E-state index in [9.17, 15) is 4.79 Å². The lowest BCUT2D eigenvalue weighted by atomic mass is 10.0. The van der Waals surface area contributed by atoms with Crippen molar-refractivity contribution in [3.63, 3.8) is 0 Å². The van der Waals surface area contributed by atoms with Crippen molar-refractivity contribution in [3.05, 3.63) is 30.1 Å². The van der Waals surface area contributed by atoms with E-state index in [2.05, 4.69) is 4.98 Å². The summed E-state index contributed by atoms with van der Waals surface area (Å²) in [5, 5.41) is 0. The lowest BCUT2D eigenvalue weighted by Gasteiger charge is -2.18. The molecule has 0 aromatic carbocycles. The predicted molar refractivity (Wildman–Crippen MR) is 66.3 cm³/mol. The Hall–Kier alpha value is -1.42. The lowest BCUT2D eigenvalue weighted by molar-refractivity contribution is -0.129. The number of amides is 1. The summed E-state index contributed by atoms with van der Waals surface area (Å²) in [5.41, 5.74) is 6.89. The van der Waals surface area contributed by atoms with E-state index in [0.717, 1.165) is 25.1 Å². The van der Waals surface area contributed by atoms with Crippen LogP contribution in [0.1, 0.15) is 18.9 Å². The molecule has 0 radical (unpaired) electrons. The van der Waals surface area contributed by atoms with E-state index in [1.165, 1.54) is 0 Å². The second kappa shape index (κ2) is 5.27. The molecule has 92 valence electrons. The summed E-state index contributed by atoms with van der Waals surface area (Å²) >= 11 is 0. The number of aromatic nitrogens is 1. The summed E-state index contributed by atoms with van der Waals surface area (Å²) in [5.74, 6) is 0.649. The Bertz CT molecular complexity index is 378. The monoisotopic (exact) mass is 233 g/mol. The summed E-state index contributed by atoms with van der Waals surface area (Å²) in [6.45, 7) is 3.67. The highest BCUT2D eigenvalue weighted by molar-refractivity contribution is 5.79. The minimum absolute atomic E-state index is 0.175. The number of nitrogens with two attached hydrogens (primary N) is 1. The SMILES string of the molecule is CC(N)C1CCN(C(=O)Cc2ccncc2)C1. The van der Waals surface area contributed by atoms with Crippen LogP contribution in [0.2, 0.25) is 0 Å². The van der Waals surface area contributed by atoms with Crippen LogP contribution in [0.3, 0.4) is 0 Å². The van der Waals surface area contributed by atoms with Gasteiger partial charge in [-0.25, -0.2) is 0 Å². The van der Waals surface area contributed by atoms with Gasteiger partial charge < -0.3 is 10.6 Å². The second-order valence-corrected chi connectivity index (χ2v) is 4.78. The van der Waals surface area contributed by atoms with Crippen molar-refractivity contribution < 1.29 is 4.79 Å². The van der Waals surface area contributed by atoms with Crippen molar-refractivity contribution in [2.24, 2.45) is 11.7 Å².